The van der Waals surface area contributed by atoms with E-state index in [1.165, 1.54) is 18.0 Å². The number of rotatable bonds is 1. The van der Waals surface area contributed by atoms with Crippen LogP contribution >= 0.6 is 0 Å². The van der Waals surface area contributed by atoms with E-state index in [9.17, 15) is 18.0 Å². The van der Waals surface area contributed by atoms with Gasteiger partial charge < -0.3 is 15.1 Å². The molecule has 114 valence electrons. The summed E-state index contributed by atoms with van der Waals surface area (Å²) in [6.07, 6.45) is -4.44. The number of hydrogen-bond donors (Lipinski definition) is 1. The van der Waals surface area contributed by atoms with Gasteiger partial charge in [-0.15, -0.1) is 0 Å². The number of nitrogens with one attached hydrogen (secondary N) is 1. The monoisotopic (exact) mass is 299 g/mol. The lowest BCUT2D eigenvalue weighted by atomic mass is 10.0. The highest BCUT2D eigenvalue weighted by Crippen LogP contribution is 2.39. The molecule has 0 atom stereocenters. The fraction of sp³-hybridized carbons (Fsp3) is 0.500. The smallest absolute Gasteiger partial charge is 0.369 e. The lowest BCUT2D eigenvalue weighted by Crippen LogP contribution is -2.43. The van der Waals surface area contributed by atoms with E-state index in [0.29, 0.717) is 18.8 Å². The largest absolute Gasteiger partial charge is 0.416 e. The van der Waals surface area contributed by atoms with Gasteiger partial charge in [0.05, 0.1) is 5.56 Å². The number of hydrogen-bond acceptors (Lipinski definition) is 3. The molecule has 1 aromatic rings. The van der Waals surface area contributed by atoms with Gasteiger partial charge in [0.1, 0.15) is 0 Å². The van der Waals surface area contributed by atoms with Crippen LogP contribution in [0.2, 0.25) is 0 Å². The van der Waals surface area contributed by atoms with Crippen molar-refractivity contribution < 1.29 is 18.0 Å². The Morgan fingerprint density at radius 2 is 1.86 bits per heavy atom. The van der Waals surface area contributed by atoms with Gasteiger partial charge in [-0.25, -0.2) is 0 Å². The molecule has 0 unspecified atom stereocenters. The summed E-state index contributed by atoms with van der Waals surface area (Å²) >= 11 is 0. The molecule has 1 amide bonds. The molecule has 7 heteroatoms. The lowest BCUT2D eigenvalue weighted by molar-refractivity contribution is -0.138. The van der Waals surface area contributed by atoms with Gasteiger partial charge in [-0.3, -0.25) is 4.79 Å². The molecule has 0 bridgehead atoms. The van der Waals surface area contributed by atoms with Crippen LogP contribution in [-0.4, -0.2) is 44.0 Å². The average Bonchev–Trinajstić information content (AvgIpc) is 2.73. The molecule has 2 aliphatic rings. The Morgan fingerprint density at radius 3 is 2.48 bits per heavy atom. The van der Waals surface area contributed by atoms with Gasteiger partial charge >= 0.3 is 6.18 Å². The highest BCUT2D eigenvalue weighted by Gasteiger charge is 2.39. The molecule has 0 radical (unpaired) electrons. The van der Waals surface area contributed by atoms with Crippen LogP contribution < -0.4 is 10.2 Å². The van der Waals surface area contributed by atoms with E-state index in [-0.39, 0.29) is 23.6 Å². The van der Waals surface area contributed by atoms with E-state index in [0.717, 1.165) is 13.1 Å². The third-order valence-corrected chi connectivity index (χ3v) is 3.99. The van der Waals surface area contributed by atoms with Gasteiger partial charge in [0.2, 0.25) is 0 Å². The molecule has 3 rings (SSSR count). The second-order valence-electron chi connectivity index (χ2n) is 5.42. The van der Waals surface area contributed by atoms with E-state index in [1.54, 1.807) is 6.07 Å². The van der Waals surface area contributed by atoms with Gasteiger partial charge in [-0.1, -0.05) is 0 Å². The molecule has 2 aliphatic heterocycles. The third-order valence-electron chi connectivity index (χ3n) is 3.99. The predicted octanol–water partition coefficient (Wildman–Crippen LogP) is 1.70. The van der Waals surface area contributed by atoms with E-state index < -0.39 is 11.7 Å². The SMILES string of the molecule is CN1Cc2c(cc(N3CCNCC3)cc2C(F)(F)F)C1=O. The summed E-state index contributed by atoms with van der Waals surface area (Å²) in [7, 11) is 1.52. The quantitative estimate of drug-likeness (QED) is 0.857. The van der Waals surface area contributed by atoms with Gasteiger partial charge in [0, 0.05) is 51.0 Å². The topological polar surface area (TPSA) is 35.6 Å². The second-order valence-corrected chi connectivity index (χ2v) is 5.42. The number of halogens is 3. The normalized spacial score (nSPS) is 19.1. The molecule has 21 heavy (non-hydrogen) atoms. The molecule has 1 saturated heterocycles. The molecule has 4 nitrogen and oxygen atoms in total. The maximum Gasteiger partial charge on any atom is 0.416 e. The van der Waals surface area contributed by atoms with E-state index in [2.05, 4.69) is 5.32 Å². The number of carbonyl (C=O) groups excluding carboxylic acids is 1. The Bertz CT molecular complexity index is 580. The van der Waals surface area contributed by atoms with Crippen molar-refractivity contribution in [1.29, 1.82) is 0 Å². The van der Waals surface area contributed by atoms with Crippen molar-refractivity contribution in [2.24, 2.45) is 0 Å². The maximum absolute atomic E-state index is 13.3. The van der Waals surface area contributed by atoms with Crippen molar-refractivity contribution >= 4 is 11.6 Å². The number of benzene rings is 1. The Morgan fingerprint density at radius 1 is 1.19 bits per heavy atom. The first-order valence-corrected chi connectivity index (χ1v) is 6.83. The molecule has 0 aliphatic carbocycles. The lowest BCUT2D eigenvalue weighted by Gasteiger charge is -2.30. The highest BCUT2D eigenvalue weighted by molar-refractivity contribution is 5.99. The first-order chi connectivity index (χ1) is 9.88. The van der Waals surface area contributed by atoms with Crippen molar-refractivity contribution in [3.8, 4) is 0 Å². The standard InChI is InChI=1S/C14H16F3N3O/c1-19-8-11-10(13(19)21)6-9(7-12(11)14(15,16)17)20-4-2-18-3-5-20/h6-7,18H,2-5,8H2,1H3. The fourth-order valence-electron chi connectivity index (χ4n) is 2.89. The van der Waals surface area contributed by atoms with Crippen LogP contribution in [0.1, 0.15) is 21.5 Å². The van der Waals surface area contributed by atoms with E-state index in [4.69, 9.17) is 0 Å². The Kier molecular flexibility index (Phi) is 3.32. The summed E-state index contributed by atoms with van der Waals surface area (Å²) in [5, 5.41) is 3.16. The van der Waals surface area contributed by atoms with Gasteiger partial charge in [0.25, 0.3) is 5.91 Å². The van der Waals surface area contributed by atoms with Crippen LogP contribution in [0.5, 0.6) is 0 Å². The van der Waals surface area contributed by atoms with Crippen LogP contribution in [0.25, 0.3) is 0 Å². The molecule has 1 N–H and O–H groups in total. The number of amides is 1. The minimum atomic E-state index is -4.44. The van der Waals surface area contributed by atoms with Crippen LogP contribution in [0.3, 0.4) is 0 Å². The zero-order valence-corrected chi connectivity index (χ0v) is 11.6. The number of alkyl halides is 3. The molecule has 0 aromatic heterocycles. The van der Waals surface area contributed by atoms with Crippen molar-refractivity contribution in [2.45, 2.75) is 12.7 Å². The first-order valence-electron chi connectivity index (χ1n) is 6.83. The van der Waals surface area contributed by atoms with E-state index in [1.807, 2.05) is 4.90 Å². The molecule has 0 spiro atoms. The van der Waals surface area contributed by atoms with Crippen molar-refractivity contribution in [2.75, 3.05) is 38.1 Å². The summed E-state index contributed by atoms with van der Waals surface area (Å²) in [4.78, 5) is 15.2. The summed E-state index contributed by atoms with van der Waals surface area (Å²) in [6.45, 7) is 2.75. The number of piperazine rings is 1. The Hall–Kier alpha value is -1.76. The van der Waals surface area contributed by atoms with Crippen LogP contribution in [0.15, 0.2) is 12.1 Å². The van der Waals surface area contributed by atoms with Crippen molar-refractivity contribution in [3.63, 3.8) is 0 Å². The minimum Gasteiger partial charge on any atom is -0.369 e. The van der Waals surface area contributed by atoms with Crippen LogP contribution in [0, 0.1) is 0 Å². The summed E-state index contributed by atoms with van der Waals surface area (Å²) in [5.74, 6) is -0.340. The van der Waals surface area contributed by atoms with E-state index >= 15 is 0 Å². The number of anilines is 1. The summed E-state index contributed by atoms with van der Waals surface area (Å²) in [5.41, 5.74) is 0.0622. The minimum absolute atomic E-state index is 0.0187. The van der Waals surface area contributed by atoms with Crippen LogP contribution in [0.4, 0.5) is 18.9 Å². The molecule has 2 heterocycles. The fourth-order valence-corrected chi connectivity index (χ4v) is 2.89. The van der Waals surface area contributed by atoms with Crippen LogP contribution in [-0.2, 0) is 12.7 Å². The highest BCUT2D eigenvalue weighted by atomic mass is 19.4. The predicted molar refractivity (Wildman–Crippen MR) is 72.3 cm³/mol. The zero-order chi connectivity index (χ0) is 15.2. The zero-order valence-electron chi connectivity index (χ0n) is 11.6. The molecular formula is C14H16F3N3O. The summed E-state index contributed by atoms with van der Waals surface area (Å²) < 4.78 is 39.9. The molecule has 1 fully saturated rings. The number of fused-ring (bicyclic) bond motifs is 1. The third kappa shape index (κ3) is 2.46. The van der Waals surface area contributed by atoms with Crippen molar-refractivity contribution in [1.82, 2.24) is 10.2 Å². The second kappa shape index (κ2) is 4.91. The van der Waals surface area contributed by atoms with Gasteiger partial charge in [-0.2, -0.15) is 13.2 Å². The number of carbonyl (C=O) groups is 1. The van der Waals surface area contributed by atoms with Crippen molar-refractivity contribution in [3.05, 3.63) is 28.8 Å². The number of nitrogens with zero attached hydrogens (tertiary/aromatic N) is 2. The maximum atomic E-state index is 13.3. The van der Waals surface area contributed by atoms with Gasteiger partial charge in [0.15, 0.2) is 0 Å². The summed E-state index contributed by atoms with van der Waals surface area (Å²) in [6, 6.07) is 2.78. The Labute approximate surface area is 120 Å². The molecular weight excluding hydrogens is 283 g/mol. The molecule has 0 saturated carbocycles. The Balaban J connectivity index is 2.10. The first kappa shape index (κ1) is 14.2. The van der Waals surface area contributed by atoms with Gasteiger partial charge in [-0.05, 0) is 17.7 Å². The average molecular weight is 299 g/mol. The molecule has 1 aromatic carbocycles.